The Morgan fingerprint density at radius 1 is 1.50 bits per heavy atom. The molecule has 1 amide bonds. The maximum Gasteiger partial charge on any atom is 0.407 e. The van der Waals surface area contributed by atoms with E-state index in [1.54, 1.807) is 24.4 Å². The van der Waals surface area contributed by atoms with E-state index in [1.165, 1.54) is 0 Å². The third kappa shape index (κ3) is 4.19. The molecule has 0 fully saturated rings. The van der Waals surface area contributed by atoms with Gasteiger partial charge >= 0.3 is 6.09 Å². The molecular weight excluding hydrogens is 354 g/mol. The van der Waals surface area contributed by atoms with Crippen LogP contribution in [-0.4, -0.2) is 33.0 Å². The number of aromatic amines is 1. The van der Waals surface area contributed by atoms with E-state index in [-0.39, 0.29) is 18.3 Å². The van der Waals surface area contributed by atoms with Crippen LogP contribution in [0.1, 0.15) is 38.1 Å². The van der Waals surface area contributed by atoms with E-state index in [2.05, 4.69) is 10.3 Å². The molecule has 1 atom stereocenters. The van der Waals surface area contributed by atoms with E-state index in [4.69, 9.17) is 21.7 Å². The number of carbonyl (C=O) groups is 1. The molecule has 140 valence electrons. The summed E-state index contributed by atoms with van der Waals surface area (Å²) in [7, 11) is 0. The van der Waals surface area contributed by atoms with Crippen molar-refractivity contribution in [1.82, 2.24) is 14.9 Å². The maximum absolute atomic E-state index is 11.9. The number of phenolic OH excluding ortho intramolecular Hbond substituents is 1. The molecule has 0 radical (unpaired) electrons. The summed E-state index contributed by atoms with van der Waals surface area (Å²) in [5.41, 5.74) is 1.21. The monoisotopic (exact) mass is 377 g/mol. The summed E-state index contributed by atoms with van der Waals surface area (Å²) in [4.78, 5) is 14.9. The number of aromatic hydroxyl groups is 1. The van der Waals surface area contributed by atoms with Crippen LogP contribution in [-0.2, 0) is 17.7 Å². The quantitative estimate of drug-likeness (QED) is 0.713. The van der Waals surface area contributed by atoms with Crippen molar-refractivity contribution in [3.05, 3.63) is 40.4 Å². The third-order valence-electron chi connectivity index (χ3n) is 4.00. The Bertz CT molecular complexity index is 866. The first-order valence-corrected chi connectivity index (χ1v) is 8.84. The summed E-state index contributed by atoms with van der Waals surface area (Å²) in [6.45, 7) is 6.19. The van der Waals surface area contributed by atoms with Gasteiger partial charge < -0.3 is 29.4 Å². The topological polar surface area (TPSA) is 88.5 Å². The Balaban J connectivity index is 1.74. The number of aromatic nitrogens is 2. The van der Waals surface area contributed by atoms with Crippen LogP contribution in [0.25, 0.3) is 0 Å². The lowest BCUT2D eigenvalue weighted by molar-refractivity contribution is 0.0522. The minimum Gasteiger partial charge on any atom is -0.508 e. The molecule has 0 bridgehead atoms. The predicted molar refractivity (Wildman–Crippen MR) is 99.0 cm³/mol. The van der Waals surface area contributed by atoms with Gasteiger partial charge in [-0.05, 0) is 56.8 Å². The molecule has 1 aliphatic rings. The lowest BCUT2D eigenvalue weighted by Crippen LogP contribution is -2.33. The summed E-state index contributed by atoms with van der Waals surface area (Å²) in [5, 5.41) is 12.4. The van der Waals surface area contributed by atoms with Crippen molar-refractivity contribution in [3.8, 4) is 11.5 Å². The van der Waals surface area contributed by atoms with Crippen molar-refractivity contribution in [2.45, 2.75) is 45.4 Å². The van der Waals surface area contributed by atoms with Gasteiger partial charge in [0.1, 0.15) is 23.7 Å². The second-order valence-corrected chi connectivity index (χ2v) is 7.66. The van der Waals surface area contributed by atoms with E-state index in [1.807, 2.05) is 25.3 Å². The van der Waals surface area contributed by atoms with Gasteiger partial charge in [-0.15, -0.1) is 0 Å². The fourth-order valence-electron chi connectivity index (χ4n) is 2.96. The zero-order valence-electron chi connectivity index (χ0n) is 15.0. The average Bonchev–Trinajstić information content (AvgIpc) is 2.91. The number of alkyl carbamates (subject to hydrolysis) is 1. The van der Waals surface area contributed by atoms with Gasteiger partial charge in [-0.3, -0.25) is 0 Å². The standard InChI is InChI=1S/C18H23N3O4S/c1-18(2,3)25-17(23)20-9-13-8-19-16(26)21(13)12-6-11-7-14(22)4-5-15(11)24-10-12/h4-5,7-8,12,22H,6,9-10H2,1-3H3,(H,19,26)(H,20,23)/t12-/m1/s1. The molecule has 2 heterocycles. The van der Waals surface area contributed by atoms with Gasteiger partial charge in [-0.1, -0.05) is 0 Å². The van der Waals surface area contributed by atoms with Gasteiger partial charge in [0, 0.05) is 12.6 Å². The number of H-pyrrole nitrogens is 1. The first-order chi connectivity index (χ1) is 12.2. The van der Waals surface area contributed by atoms with Gasteiger partial charge in [0.05, 0.1) is 18.3 Å². The number of fused-ring (bicyclic) bond motifs is 1. The number of imidazole rings is 1. The van der Waals surface area contributed by atoms with Crippen LogP contribution in [0.5, 0.6) is 11.5 Å². The lowest BCUT2D eigenvalue weighted by Gasteiger charge is -2.28. The predicted octanol–water partition coefficient (Wildman–Crippen LogP) is 3.45. The molecule has 0 saturated carbocycles. The molecule has 8 heteroatoms. The van der Waals surface area contributed by atoms with Crippen molar-refractivity contribution in [2.75, 3.05) is 6.61 Å². The molecule has 26 heavy (non-hydrogen) atoms. The van der Waals surface area contributed by atoms with E-state index in [0.29, 0.717) is 17.8 Å². The minimum atomic E-state index is -0.551. The molecule has 3 N–H and O–H groups in total. The number of nitrogens with zero attached hydrogens (tertiary/aromatic N) is 1. The van der Waals surface area contributed by atoms with Gasteiger partial charge in [-0.25, -0.2) is 4.79 Å². The van der Waals surface area contributed by atoms with Crippen LogP contribution in [0, 0.1) is 4.77 Å². The summed E-state index contributed by atoms with van der Waals surface area (Å²) < 4.78 is 13.6. The number of amides is 1. The molecule has 0 saturated heterocycles. The largest absolute Gasteiger partial charge is 0.508 e. The molecule has 2 aromatic rings. The zero-order chi connectivity index (χ0) is 18.9. The fourth-order valence-corrected chi connectivity index (χ4v) is 3.28. The van der Waals surface area contributed by atoms with Crippen molar-refractivity contribution < 1.29 is 19.4 Å². The molecule has 7 nitrogen and oxygen atoms in total. The third-order valence-corrected chi connectivity index (χ3v) is 4.31. The average molecular weight is 377 g/mol. The summed E-state index contributed by atoms with van der Waals surface area (Å²) in [6, 6.07) is 5.05. The Morgan fingerprint density at radius 3 is 3.00 bits per heavy atom. The molecule has 1 aromatic heterocycles. The second kappa shape index (κ2) is 7.03. The minimum absolute atomic E-state index is 0.0292. The molecule has 3 rings (SSSR count). The van der Waals surface area contributed by atoms with Crippen LogP contribution in [0.4, 0.5) is 4.79 Å². The van der Waals surface area contributed by atoms with Gasteiger partial charge in [0.25, 0.3) is 0 Å². The first-order valence-electron chi connectivity index (χ1n) is 8.43. The van der Waals surface area contributed by atoms with E-state index in [9.17, 15) is 9.90 Å². The fraction of sp³-hybridized carbons (Fsp3) is 0.444. The number of hydrogen-bond acceptors (Lipinski definition) is 5. The highest BCUT2D eigenvalue weighted by atomic mass is 32.1. The SMILES string of the molecule is CC(C)(C)OC(=O)NCc1c[nH]c(=S)n1[C@H]1COc2ccc(O)cc2C1. The molecular formula is C18H23N3O4S. The Kier molecular flexibility index (Phi) is 4.95. The van der Waals surface area contributed by atoms with Crippen LogP contribution in [0.2, 0.25) is 0 Å². The van der Waals surface area contributed by atoms with Gasteiger partial charge in [0.2, 0.25) is 0 Å². The van der Waals surface area contributed by atoms with Crippen molar-refractivity contribution >= 4 is 18.3 Å². The Morgan fingerprint density at radius 2 is 2.27 bits per heavy atom. The first kappa shape index (κ1) is 18.3. The Hall–Kier alpha value is -2.48. The van der Waals surface area contributed by atoms with Crippen LogP contribution < -0.4 is 10.1 Å². The zero-order valence-corrected chi connectivity index (χ0v) is 15.9. The maximum atomic E-state index is 11.9. The van der Waals surface area contributed by atoms with Crippen molar-refractivity contribution in [3.63, 3.8) is 0 Å². The molecule has 0 aliphatic carbocycles. The summed E-state index contributed by atoms with van der Waals surface area (Å²) in [5.74, 6) is 0.979. The number of rotatable bonds is 3. The lowest BCUT2D eigenvalue weighted by atomic mass is 10.0. The highest BCUT2D eigenvalue weighted by Gasteiger charge is 2.24. The summed E-state index contributed by atoms with van der Waals surface area (Å²) >= 11 is 5.40. The van der Waals surface area contributed by atoms with Crippen LogP contribution in [0.15, 0.2) is 24.4 Å². The highest BCUT2D eigenvalue weighted by Crippen LogP contribution is 2.32. The normalized spacial score (nSPS) is 16.5. The van der Waals surface area contributed by atoms with E-state index < -0.39 is 11.7 Å². The number of phenols is 1. The number of ether oxygens (including phenoxy) is 2. The number of benzene rings is 1. The van der Waals surface area contributed by atoms with Crippen LogP contribution >= 0.6 is 12.2 Å². The Labute approximate surface area is 156 Å². The molecule has 0 spiro atoms. The van der Waals surface area contributed by atoms with Gasteiger partial charge in [-0.2, -0.15) is 0 Å². The van der Waals surface area contributed by atoms with Crippen molar-refractivity contribution in [2.24, 2.45) is 0 Å². The smallest absolute Gasteiger partial charge is 0.407 e. The second-order valence-electron chi connectivity index (χ2n) is 7.27. The van der Waals surface area contributed by atoms with Gasteiger partial charge in [0.15, 0.2) is 4.77 Å². The van der Waals surface area contributed by atoms with E-state index in [0.717, 1.165) is 17.0 Å². The number of carbonyl (C=O) groups excluding carboxylic acids is 1. The summed E-state index contributed by atoms with van der Waals surface area (Å²) in [6.07, 6.45) is 1.97. The number of nitrogens with one attached hydrogen (secondary N) is 2. The molecule has 0 unspecified atom stereocenters. The molecule has 1 aliphatic heterocycles. The van der Waals surface area contributed by atoms with Crippen molar-refractivity contribution in [1.29, 1.82) is 0 Å². The number of hydrogen-bond donors (Lipinski definition) is 3. The molecule has 1 aromatic carbocycles. The highest BCUT2D eigenvalue weighted by molar-refractivity contribution is 7.71. The van der Waals surface area contributed by atoms with Crippen LogP contribution in [0.3, 0.4) is 0 Å². The van der Waals surface area contributed by atoms with E-state index >= 15 is 0 Å².